The third-order valence-electron chi connectivity index (χ3n) is 0.515. The van der Waals surface area contributed by atoms with Gasteiger partial charge in [0.2, 0.25) is 0 Å². The molecule has 0 spiro atoms. The number of hydrogen-bond acceptors (Lipinski definition) is 1. The van der Waals surface area contributed by atoms with Crippen molar-refractivity contribution < 1.29 is 57.3 Å². The fourth-order valence-corrected chi connectivity index (χ4v) is 0.161. The monoisotopic (exact) mass is 256 g/mol. The van der Waals surface area contributed by atoms with E-state index in [1.165, 1.54) is 0 Å². The van der Waals surface area contributed by atoms with Gasteiger partial charge in [0.25, 0.3) is 0 Å². The quantitative estimate of drug-likeness (QED) is 0.603. The molecule has 0 aliphatic carbocycles. The smallest absolute Gasteiger partial charge is 0.279 e. The van der Waals surface area contributed by atoms with Crippen LogP contribution in [0.1, 0.15) is 0 Å². The van der Waals surface area contributed by atoms with Crippen LogP contribution in [0.4, 0.5) is 26.3 Å². The molecule has 64 valence electrons. The molecule has 0 aromatic rings. The fourth-order valence-electron chi connectivity index (χ4n) is 0.161. The first-order valence-electron chi connectivity index (χ1n) is 1.84. The summed E-state index contributed by atoms with van der Waals surface area (Å²) in [6.07, 6.45) is -11.6. The van der Waals surface area contributed by atoms with Gasteiger partial charge in [-0.3, -0.25) is 4.79 Å². The minimum Gasteiger partial charge on any atom is -0.279 e. The molecule has 0 aromatic carbocycles. The standard InChI is InChI=1S/C3F6O.Zr/c4-2(5,6)1(10)3(7,8)9;. The average Bonchev–Trinajstić information content (AvgIpc) is 1.59. The Morgan fingerprint density at radius 3 is 1.00 bits per heavy atom. The van der Waals surface area contributed by atoms with Crippen LogP contribution in [0, 0.1) is 0 Å². The number of Topliss-reactive ketones (excluding diaryl/α,β-unsaturated/α-hetero) is 1. The third-order valence-corrected chi connectivity index (χ3v) is 0.515. The molecule has 0 atom stereocenters. The Bertz CT molecular complexity index is 129. The molecule has 0 N–H and O–H groups in total. The zero-order chi connectivity index (χ0) is 8.58. The van der Waals surface area contributed by atoms with E-state index < -0.39 is 18.1 Å². The number of carbonyl (C=O) groups excluding carboxylic acids is 1. The van der Waals surface area contributed by atoms with E-state index in [1.54, 1.807) is 0 Å². The molecule has 0 rings (SSSR count). The van der Waals surface area contributed by atoms with Crippen LogP contribution in [0.15, 0.2) is 0 Å². The maximum absolute atomic E-state index is 10.9. The molecule has 0 aliphatic heterocycles. The molecule has 0 heterocycles. The molecule has 0 saturated carbocycles. The van der Waals surface area contributed by atoms with Crippen molar-refractivity contribution in [2.75, 3.05) is 0 Å². The normalized spacial score (nSPS) is 12.2. The summed E-state index contributed by atoms with van der Waals surface area (Å²) in [6, 6.07) is 0. The van der Waals surface area contributed by atoms with Crippen molar-refractivity contribution in [2.45, 2.75) is 12.4 Å². The minimum atomic E-state index is -5.82. The van der Waals surface area contributed by atoms with Gasteiger partial charge in [0.1, 0.15) is 0 Å². The van der Waals surface area contributed by atoms with Gasteiger partial charge in [0, 0.05) is 26.2 Å². The second-order valence-corrected chi connectivity index (χ2v) is 1.32. The van der Waals surface area contributed by atoms with E-state index in [-0.39, 0.29) is 26.2 Å². The summed E-state index contributed by atoms with van der Waals surface area (Å²) >= 11 is 0. The molecule has 0 radical (unpaired) electrons. The van der Waals surface area contributed by atoms with Gasteiger partial charge in [0.15, 0.2) is 0 Å². The summed E-state index contributed by atoms with van der Waals surface area (Å²) < 4.78 is 65.3. The van der Waals surface area contributed by atoms with Crippen LogP contribution in [0.3, 0.4) is 0 Å². The zero-order valence-electron chi connectivity index (χ0n) is 4.68. The van der Waals surface area contributed by atoms with E-state index in [2.05, 4.69) is 0 Å². The first kappa shape index (κ1) is 13.7. The predicted octanol–water partition coefficient (Wildman–Crippen LogP) is 1.68. The van der Waals surface area contributed by atoms with E-state index in [0.717, 1.165) is 0 Å². The summed E-state index contributed by atoms with van der Waals surface area (Å²) in [5, 5.41) is 0. The molecule has 11 heavy (non-hydrogen) atoms. The first-order chi connectivity index (χ1) is 4.15. The molecule has 0 aromatic heterocycles. The van der Waals surface area contributed by atoms with E-state index in [1.807, 2.05) is 0 Å². The van der Waals surface area contributed by atoms with Gasteiger partial charge in [0.05, 0.1) is 0 Å². The molecule has 0 fully saturated rings. The summed E-state index contributed by atoms with van der Waals surface area (Å²) in [5.41, 5.74) is 0. The van der Waals surface area contributed by atoms with Crippen molar-refractivity contribution in [3.05, 3.63) is 0 Å². The van der Waals surface area contributed by atoms with Crippen LogP contribution in [-0.2, 0) is 31.0 Å². The SMILES string of the molecule is O=C(C(F)(F)F)C(F)(F)F.[Zr]. The van der Waals surface area contributed by atoms with Crippen LogP contribution in [0.2, 0.25) is 0 Å². The van der Waals surface area contributed by atoms with Crippen molar-refractivity contribution in [1.29, 1.82) is 0 Å². The fraction of sp³-hybridized carbons (Fsp3) is 0.667. The van der Waals surface area contributed by atoms with Gasteiger partial charge in [-0.1, -0.05) is 0 Å². The van der Waals surface area contributed by atoms with Crippen LogP contribution in [0.5, 0.6) is 0 Å². The van der Waals surface area contributed by atoms with Crippen LogP contribution >= 0.6 is 0 Å². The molecule has 0 amide bonds. The van der Waals surface area contributed by atoms with Gasteiger partial charge in [-0.05, 0) is 0 Å². The first-order valence-corrected chi connectivity index (χ1v) is 1.84. The Morgan fingerprint density at radius 1 is 0.818 bits per heavy atom. The van der Waals surface area contributed by atoms with Crippen molar-refractivity contribution >= 4 is 5.78 Å². The molecule has 1 nitrogen and oxygen atoms in total. The number of ketones is 1. The summed E-state index contributed by atoms with van der Waals surface area (Å²) in [6.45, 7) is 0. The van der Waals surface area contributed by atoms with Gasteiger partial charge in [-0.2, -0.15) is 26.3 Å². The van der Waals surface area contributed by atoms with E-state index in [9.17, 15) is 31.1 Å². The maximum atomic E-state index is 10.9. The molecular formula is C3F6OZr. The van der Waals surface area contributed by atoms with E-state index in [4.69, 9.17) is 0 Å². The van der Waals surface area contributed by atoms with Crippen molar-refractivity contribution in [3.63, 3.8) is 0 Å². The molecule has 0 unspecified atom stereocenters. The molecule has 0 aliphatic rings. The Hall–Kier alpha value is 0.133. The topological polar surface area (TPSA) is 17.1 Å². The average molecular weight is 257 g/mol. The number of alkyl halides is 6. The number of hydrogen-bond donors (Lipinski definition) is 0. The Kier molecular flexibility index (Phi) is 4.60. The van der Waals surface area contributed by atoms with Gasteiger partial charge in [-0.25, -0.2) is 0 Å². The predicted molar refractivity (Wildman–Crippen MR) is 17.1 cm³/mol. The van der Waals surface area contributed by atoms with Gasteiger partial charge >= 0.3 is 18.1 Å². The van der Waals surface area contributed by atoms with Gasteiger partial charge in [-0.15, -0.1) is 0 Å². The summed E-state index contributed by atoms with van der Waals surface area (Å²) in [7, 11) is 0. The van der Waals surface area contributed by atoms with Crippen molar-refractivity contribution in [2.24, 2.45) is 0 Å². The summed E-state index contributed by atoms with van der Waals surface area (Å²) in [5.74, 6) is -3.68. The second-order valence-electron chi connectivity index (χ2n) is 1.32. The maximum Gasteiger partial charge on any atom is 0.459 e. The summed E-state index contributed by atoms with van der Waals surface area (Å²) in [4.78, 5) is 9.24. The minimum absolute atomic E-state index is 0. The largest absolute Gasteiger partial charge is 0.459 e. The van der Waals surface area contributed by atoms with E-state index in [0.29, 0.717) is 0 Å². The molecule has 0 bridgehead atoms. The van der Waals surface area contributed by atoms with Gasteiger partial charge < -0.3 is 0 Å². The Labute approximate surface area is 75.9 Å². The molecule has 0 saturated heterocycles. The van der Waals surface area contributed by atoms with Crippen LogP contribution in [-0.4, -0.2) is 18.1 Å². The second kappa shape index (κ2) is 3.69. The van der Waals surface area contributed by atoms with Crippen molar-refractivity contribution in [3.8, 4) is 0 Å². The Morgan fingerprint density at radius 2 is 1.00 bits per heavy atom. The molecule has 8 heteroatoms. The number of rotatable bonds is 0. The Balaban J connectivity index is 0. The van der Waals surface area contributed by atoms with Crippen molar-refractivity contribution in [1.82, 2.24) is 0 Å². The van der Waals surface area contributed by atoms with E-state index >= 15 is 0 Å². The number of halogens is 6. The number of carbonyl (C=O) groups is 1. The van der Waals surface area contributed by atoms with Crippen LogP contribution < -0.4 is 0 Å². The van der Waals surface area contributed by atoms with Crippen LogP contribution in [0.25, 0.3) is 0 Å². The zero-order valence-corrected chi connectivity index (χ0v) is 7.13. The molecular weight excluding hydrogens is 257 g/mol. The third kappa shape index (κ3) is 4.55.